The first-order valence-corrected chi connectivity index (χ1v) is 6.84. The van der Waals surface area contributed by atoms with Crippen molar-refractivity contribution in [3.05, 3.63) is 36.2 Å². The van der Waals surface area contributed by atoms with Crippen molar-refractivity contribution in [3.8, 4) is 11.4 Å². The van der Waals surface area contributed by atoms with E-state index in [4.69, 9.17) is 10.5 Å². The number of anilines is 1. The van der Waals surface area contributed by atoms with Crippen molar-refractivity contribution < 1.29 is 4.74 Å². The number of nitrogens with zero attached hydrogens (tertiary/aromatic N) is 2. The van der Waals surface area contributed by atoms with Gasteiger partial charge in [0.2, 0.25) is 0 Å². The largest absolute Gasteiger partial charge is 0.494 e. The summed E-state index contributed by atoms with van der Waals surface area (Å²) in [4.78, 5) is 0. The van der Waals surface area contributed by atoms with Gasteiger partial charge in [-0.3, -0.25) is 0 Å². The highest BCUT2D eigenvalue weighted by Crippen LogP contribution is 2.30. The average molecular weight is 274 g/mol. The topological polar surface area (TPSA) is 65.1 Å². The third-order valence-electron chi connectivity index (χ3n) is 3.13. The summed E-state index contributed by atoms with van der Waals surface area (Å²) < 4.78 is 7.36. The Morgan fingerprint density at radius 2 is 2.10 bits per heavy atom. The standard InChI is InChI=1S/C15H22N4O/c1-11(2)15-12(17-9-8-16)10-18-19(15)13-6-4-5-7-14(13)20-3/h4-7,10-11,17H,8-9,16H2,1-3H3. The molecule has 0 radical (unpaired) electrons. The number of hydrogen-bond acceptors (Lipinski definition) is 4. The molecule has 2 aromatic rings. The minimum Gasteiger partial charge on any atom is -0.494 e. The molecule has 0 fully saturated rings. The molecular weight excluding hydrogens is 252 g/mol. The van der Waals surface area contributed by atoms with Crippen LogP contribution in [0.1, 0.15) is 25.5 Å². The van der Waals surface area contributed by atoms with Gasteiger partial charge in [-0.05, 0) is 18.1 Å². The van der Waals surface area contributed by atoms with E-state index in [2.05, 4.69) is 24.3 Å². The summed E-state index contributed by atoms with van der Waals surface area (Å²) in [5.41, 5.74) is 8.65. The van der Waals surface area contributed by atoms with E-state index < -0.39 is 0 Å². The molecule has 0 aliphatic carbocycles. The number of methoxy groups -OCH3 is 1. The van der Waals surface area contributed by atoms with Crippen LogP contribution in [-0.4, -0.2) is 30.0 Å². The van der Waals surface area contributed by atoms with Crippen LogP contribution in [0.25, 0.3) is 5.69 Å². The summed E-state index contributed by atoms with van der Waals surface area (Å²) in [5, 5.41) is 7.83. The molecule has 0 amide bonds. The van der Waals surface area contributed by atoms with Gasteiger partial charge in [0.15, 0.2) is 0 Å². The zero-order valence-electron chi connectivity index (χ0n) is 12.3. The van der Waals surface area contributed by atoms with E-state index in [0.717, 1.165) is 29.4 Å². The minimum absolute atomic E-state index is 0.336. The maximum atomic E-state index is 5.56. The molecule has 2 rings (SSSR count). The Kier molecular flexibility index (Phi) is 4.63. The number of benzene rings is 1. The van der Waals surface area contributed by atoms with E-state index >= 15 is 0 Å². The quantitative estimate of drug-likeness (QED) is 0.849. The normalized spacial score (nSPS) is 10.8. The van der Waals surface area contributed by atoms with Crippen molar-refractivity contribution in [2.75, 3.05) is 25.5 Å². The van der Waals surface area contributed by atoms with Crippen molar-refractivity contribution in [1.29, 1.82) is 0 Å². The Morgan fingerprint density at radius 1 is 1.35 bits per heavy atom. The smallest absolute Gasteiger partial charge is 0.144 e. The summed E-state index contributed by atoms with van der Waals surface area (Å²) in [7, 11) is 1.67. The van der Waals surface area contributed by atoms with Gasteiger partial charge < -0.3 is 15.8 Å². The SMILES string of the molecule is COc1ccccc1-n1ncc(NCCN)c1C(C)C. The van der Waals surface area contributed by atoms with E-state index in [9.17, 15) is 0 Å². The van der Waals surface area contributed by atoms with Crippen molar-refractivity contribution in [2.24, 2.45) is 5.73 Å². The molecule has 1 heterocycles. The fourth-order valence-corrected chi connectivity index (χ4v) is 2.25. The van der Waals surface area contributed by atoms with Crippen LogP contribution in [0.3, 0.4) is 0 Å². The molecule has 0 aliphatic heterocycles. The first-order chi connectivity index (χ1) is 9.69. The maximum absolute atomic E-state index is 5.56. The summed E-state index contributed by atoms with van der Waals surface area (Å²) >= 11 is 0. The van der Waals surface area contributed by atoms with Gasteiger partial charge >= 0.3 is 0 Å². The lowest BCUT2D eigenvalue weighted by atomic mass is 10.1. The second-order valence-electron chi connectivity index (χ2n) is 4.90. The third-order valence-corrected chi connectivity index (χ3v) is 3.13. The molecule has 108 valence electrons. The van der Waals surface area contributed by atoms with E-state index in [1.54, 1.807) is 7.11 Å². The zero-order valence-corrected chi connectivity index (χ0v) is 12.3. The number of rotatable bonds is 6. The monoisotopic (exact) mass is 274 g/mol. The molecule has 0 saturated heterocycles. The van der Waals surface area contributed by atoms with Crippen molar-refractivity contribution in [2.45, 2.75) is 19.8 Å². The van der Waals surface area contributed by atoms with E-state index in [0.29, 0.717) is 12.5 Å². The molecule has 0 saturated carbocycles. The third kappa shape index (κ3) is 2.77. The number of aromatic nitrogens is 2. The first kappa shape index (κ1) is 14.4. The summed E-state index contributed by atoms with van der Waals surface area (Å²) in [6.07, 6.45) is 1.84. The average Bonchev–Trinajstić information content (AvgIpc) is 2.88. The second-order valence-corrected chi connectivity index (χ2v) is 4.90. The fourth-order valence-electron chi connectivity index (χ4n) is 2.25. The molecule has 5 heteroatoms. The molecule has 0 atom stereocenters. The number of ether oxygens (including phenoxy) is 1. The van der Waals surface area contributed by atoms with Crippen LogP contribution >= 0.6 is 0 Å². The van der Waals surface area contributed by atoms with Crippen LogP contribution in [-0.2, 0) is 0 Å². The van der Waals surface area contributed by atoms with Crippen LogP contribution in [0.2, 0.25) is 0 Å². The molecule has 1 aromatic carbocycles. The van der Waals surface area contributed by atoms with Crippen LogP contribution in [0, 0.1) is 0 Å². The van der Waals surface area contributed by atoms with Gasteiger partial charge in [0.25, 0.3) is 0 Å². The van der Waals surface area contributed by atoms with E-state index in [-0.39, 0.29) is 0 Å². The summed E-state index contributed by atoms with van der Waals surface area (Å²) in [6, 6.07) is 7.88. The molecule has 0 aliphatic rings. The molecule has 0 unspecified atom stereocenters. The lowest BCUT2D eigenvalue weighted by Gasteiger charge is -2.15. The molecule has 5 nitrogen and oxygen atoms in total. The van der Waals surface area contributed by atoms with Crippen LogP contribution in [0.5, 0.6) is 5.75 Å². The molecule has 0 spiro atoms. The van der Waals surface area contributed by atoms with Gasteiger partial charge in [-0.15, -0.1) is 0 Å². The minimum atomic E-state index is 0.336. The lowest BCUT2D eigenvalue weighted by Crippen LogP contribution is -2.14. The summed E-state index contributed by atoms with van der Waals surface area (Å²) in [5.74, 6) is 1.14. The number of hydrogen-bond donors (Lipinski definition) is 2. The number of nitrogens with two attached hydrogens (primary N) is 1. The molecule has 1 aromatic heterocycles. The molecule has 20 heavy (non-hydrogen) atoms. The highest BCUT2D eigenvalue weighted by molar-refractivity contribution is 5.55. The predicted octanol–water partition coefficient (Wildman–Crippen LogP) is 2.37. The highest BCUT2D eigenvalue weighted by atomic mass is 16.5. The highest BCUT2D eigenvalue weighted by Gasteiger charge is 2.17. The predicted molar refractivity (Wildman–Crippen MR) is 81.7 cm³/mol. The van der Waals surface area contributed by atoms with E-state index in [1.165, 1.54) is 0 Å². The molecular formula is C15H22N4O. The maximum Gasteiger partial charge on any atom is 0.144 e. The van der Waals surface area contributed by atoms with Gasteiger partial charge in [0.1, 0.15) is 11.4 Å². The lowest BCUT2D eigenvalue weighted by molar-refractivity contribution is 0.411. The zero-order chi connectivity index (χ0) is 14.5. The first-order valence-electron chi connectivity index (χ1n) is 6.84. The number of nitrogens with one attached hydrogen (secondary N) is 1. The Balaban J connectivity index is 2.48. The van der Waals surface area contributed by atoms with E-state index in [1.807, 2.05) is 35.1 Å². The molecule has 3 N–H and O–H groups in total. The Labute approximate surface area is 119 Å². The van der Waals surface area contributed by atoms with Crippen LogP contribution in [0.15, 0.2) is 30.5 Å². The summed E-state index contributed by atoms with van der Waals surface area (Å²) in [6.45, 7) is 5.63. The van der Waals surface area contributed by atoms with Crippen LogP contribution in [0.4, 0.5) is 5.69 Å². The van der Waals surface area contributed by atoms with Crippen LogP contribution < -0.4 is 15.8 Å². The molecule has 0 bridgehead atoms. The second kappa shape index (κ2) is 6.43. The van der Waals surface area contributed by atoms with Gasteiger partial charge in [-0.2, -0.15) is 5.10 Å². The Morgan fingerprint density at radius 3 is 2.75 bits per heavy atom. The fraction of sp³-hybridized carbons (Fsp3) is 0.400. The number of para-hydroxylation sites is 2. The van der Waals surface area contributed by atoms with Gasteiger partial charge in [0, 0.05) is 13.1 Å². The van der Waals surface area contributed by atoms with Crippen molar-refractivity contribution >= 4 is 5.69 Å². The van der Waals surface area contributed by atoms with Gasteiger partial charge in [-0.1, -0.05) is 26.0 Å². The van der Waals surface area contributed by atoms with Gasteiger partial charge in [-0.25, -0.2) is 4.68 Å². The van der Waals surface area contributed by atoms with Crippen molar-refractivity contribution in [1.82, 2.24) is 9.78 Å². The Hall–Kier alpha value is -2.01. The van der Waals surface area contributed by atoms with Crippen molar-refractivity contribution in [3.63, 3.8) is 0 Å². The Bertz CT molecular complexity index is 563. The van der Waals surface area contributed by atoms with Gasteiger partial charge in [0.05, 0.1) is 24.7 Å².